The number of hydrogen-bond acceptors (Lipinski definition) is 6. The SMILES string of the molecule is COc1cc(C(=O)O[C@H](C)C(=O)c2ccc(F)cc2)cc(OC)c1O. The molecule has 0 radical (unpaired) electrons. The molecular formula is C18H17FO6. The molecule has 0 aliphatic heterocycles. The number of methoxy groups -OCH3 is 2. The lowest BCUT2D eigenvalue weighted by Gasteiger charge is -2.14. The third-order valence-electron chi connectivity index (χ3n) is 3.50. The van der Waals surface area contributed by atoms with Crippen LogP contribution in [0.1, 0.15) is 27.6 Å². The molecule has 2 aromatic carbocycles. The highest BCUT2D eigenvalue weighted by atomic mass is 19.1. The second kappa shape index (κ2) is 7.65. The Balaban J connectivity index is 2.18. The van der Waals surface area contributed by atoms with Crippen LogP contribution in [0.15, 0.2) is 36.4 Å². The lowest BCUT2D eigenvalue weighted by molar-refractivity contribution is 0.0318. The summed E-state index contributed by atoms with van der Waals surface area (Å²) in [7, 11) is 2.65. The van der Waals surface area contributed by atoms with Gasteiger partial charge in [-0.3, -0.25) is 4.79 Å². The van der Waals surface area contributed by atoms with Crippen LogP contribution in [0.4, 0.5) is 4.39 Å². The largest absolute Gasteiger partial charge is 0.502 e. The molecule has 132 valence electrons. The molecule has 0 aliphatic rings. The standard InChI is InChI=1S/C18H17FO6/c1-10(16(20)11-4-6-13(19)7-5-11)25-18(22)12-8-14(23-2)17(21)15(9-12)24-3/h4-10,21H,1-3H3/t10-/m1/s1. The Morgan fingerprint density at radius 1 is 1.00 bits per heavy atom. The van der Waals surface area contributed by atoms with E-state index in [9.17, 15) is 19.1 Å². The van der Waals surface area contributed by atoms with Crippen molar-refractivity contribution >= 4 is 11.8 Å². The van der Waals surface area contributed by atoms with Crippen molar-refractivity contribution < 1.29 is 33.3 Å². The monoisotopic (exact) mass is 348 g/mol. The number of phenols is 1. The Labute approximate surface area is 143 Å². The predicted molar refractivity (Wildman–Crippen MR) is 86.8 cm³/mol. The Hall–Kier alpha value is -3.09. The van der Waals surface area contributed by atoms with Crippen LogP contribution in [-0.4, -0.2) is 37.2 Å². The molecule has 0 saturated heterocycles. The smallest absolute Gasteiger partial charge is 0.339 e. The van der Waals surface area contributed by atoms with E-state index in [4.69, 9.17) is 14.2 Å². The maximum absolute atomic E-state index is 12.9. The topological polar surface area (TPSA) is 82.1 Å². The van der Waals surface area contributed by atoms with Crippen molar-refractivity contribution in [2.24, 2.45) is 0 Å². The molecule has 0 aromatic heterocycles. The van der Waals surface area contributed by atoms with E-state index in [1.54, 1.807) is 0 Å². The normalized spacial score (nSPS) is 11.5. The molecule has 7 heteroatoms. The van der Waals surface area contributed by atoms with E-state index >= 15 is 0 Å². The number of rotatable bonds is 6. The second-order valence-electron chi connectivity index (χ2n) is 5.15. The zero-order valence-corrected chi connectivity index (χ0v) is 13.9. The first-order valence-electron chi connectivity index (χ1n) is 7.33. The molecule has 2 rings (SSSR count). The molecule has 0 spiro atoms. The fraction of sp³-hybridized carbons (Fsp3) is 0.222. The van der Waals surface area contributed by atoms with Crippen molar-refractivity contribution in [1.29, 1.82) is 0 Å². The molecule has 6 nitrogen and oxygen atoms in total. The molecular weight excluding hydrogens is 331 g/mol. The molecule has 0 saturated carbocycles. The van der Waals surface area contributed by atoms with Gasteiger partial charge in [-0.1, -0.05) is 0 Å². The number of ether oxygens (including phenoxy) is 3. The van der Waals surface area contributed by atoms with Gasteiger partial charge in [-0.25, -0.2) is 9.18 Å². The van der Waals surface area contributed by atoms with Crippen molar-refractivity contribution in [3.05, 3.63) is 53.3 Å². The van der Waals surface area contributed by atoms with Gasteiger partial charge in [0.05, 0.1) is 19.8 Å². The summed E-state index contributed by atoms with van der Waals surface area (Å²) in [5, 5.41) is 9.85. The van der Waals surface area contributed by atoms with Gasteiger partial charge in [0, 0.05) is 5.56 Å². The van der Waals surface area contributed by atoms with Crippen molar-refractivity contribution in [3.8, 4) is 17.2 Å². The number of benzene rings is 2. The number of Topliss-reactive ketones (excluding diaryl/α,β-unsaturated/α-hetero) is 1. The number of phenolic OH excluding ortho intramolecular Hbond substituents is 1. The highest BCUT2D eigenvalue weighted by Crippen LogP contribution is 2.37. The number of hydrogen-bond donors (Lipinski definition) is 1. The van der Waals surface area contributed by atoms with E-state index in [0.717, 1.165) is 12.1 Å². The first-order chi connectivity index (χ1) is 11.9. The van der Waals surface area contributed by atoms with Crippen LogP contribution in [0.25, 0.3) is 0 Å². The molecule has 1 N–H and O–H groups in total. The molecule has 2 aromatic rings. The molecule has 25 heavy (non-hydrogen) atoms. The number of esters is 1. The van der Waals surface area contributed by atoms with Gasteiger partial charge in [-0.2, -0.15) is 0 Å². The maximum atomic E-state index is 12.9. The summed E-state index contributed by atoms with van der Waals surface area (Å²) in [6, 6.07) is 7.47. The quantitative estimate of drug-likeness (QED) is 0.638. The molecule has 1 atom stereocenters. The van der Waals surface area contributed by atoms with Crippen LogP contribution in [0, 0.1) is 5.82 Å². The summed E-state index contributed by atoms with van der Waals surface area (Å²) in [4.78, 5) is 24.5. The van der Waals surface area contributed by atoms with Gasteiger partial charge in [0.25, 0.3) is 0 Å². The fourth-order valence-corrected chi connectivity index (χ4v) is 2.14. The second-order valence-corrected chi connectivity index (χ2v) is 5.15. The predicted octanol–water partition coefficient (Wildman–Crippen LogP) is 2.98. The average molecular weight is 348 g/mol. The Morgan fingerprint density at radius 2 is 1.52 bits per heavy atom. The molecule has 0 amide bonds. The number of aromatic hydroxyl groups is 1. The van der Waals surface area contributed by atoms with Crippen LogP contribution in [-0.2, 0) is 4.74 Å². The van der Waals surface area contributed by atoms with E-state index in [1.165, 1.54) is 45.4 Å². The first kappa shape index (κ1) is 18.3. The number of carbonyl (C=O) groups is 2. The van der Waals surface area contributed by atoms with E-state index in [0.29, 0.717) is 0 Å². The molecule has 0 unspecified atom stereocenters. The molecule has 0 fully saturated rings. The third kappa shape index (κ3) is 4.06. The molecule has 0 aliphatic carbocycles. The van der Waals surface area contributed by atoms with Crippen LogP contribution in [0.5, 0.6) is 17.2 Å². The highest BCUT2D eigenvalue weighted by Gasteiger charge is 2.22. The zero-order chi connectivity index (χ0) is 18.6. The van der Waals surface area contributed by atoms with E-state index in [1.807, 2.05) is 0 Å². The Morgan fingerprint density at radius 3 is 2.00 bits per heavy atom. The van der Waals surface area contributed by atoms with Crippen LogP contribution in [0.3, 0.4) is 0 Å². The lowest BCUT2D eigenvalue weighted by Crippen LogP contribution is -2.24. The summed E-state index contributed by atoms with van der Waals surface area (Å²) < 4.78 is 28.0. The van der Waals surface area contributed by atoms with Crippen molar-refractivity contribution in [1.82, 2.24) is 0 Å². The van der Waals surface area contributed by atoms with E-state index < -0.39 is 23.7 Å². The minimum absolute atomic E-state index is 0.0313. The van der Waals surface area contributed by atoms with Gasteiger partial charge >= 0.3 is 5.97 Å². The summed E-state index contributed by atoms with van der Waals surface area (Å²) in [5.74, 6) is -1.92. The number of halogens is 1. The summed E-state index contributed by atoms with van der Waals surface area (Å²) >= 11 is 0. The van der Waals surface area contributed by atoms with Gasteiger partial charge in [0.1, 0.15) is 5.82 Å². The Kier molecular flexibility index (Phi) is 5.59. The first-order valence-corrected chi connectivity index (χ1v) is 7.33. The van der Waals surface area contributed by atoms with Gasteiger partial charge < -0.3 is 19.3 Å². The van der Waals surface area contributed by atoms with Crippen LogP contribution < -0.4 is 9.47 Å². The van der Waals surface area contributed by atoms with Gasteiger partial charge in [0.2, 0.25) is 11.5 Å². The lowest BCUT2D eigenvalue weighted by atomic mass is 10.1. The maximum Gasteiger partial charge on any atom is 0.339 e. The summed E-state index contributed by atoms with van der Waals surface area (Å²) in [6.45, 7) is 1.42. The van der Waals surface area contributed by atoms with Gasteiger partial charge in [-0.05, 0) is 43.3 Å². The number of ketones is 1. The van der Waals surface area contributed by atoms with Gasteiger partial charge in [-0.15, -0.1) is 0 Å². The minimum atomic E-state index is -1.08. The highest BCUT2D eigenvalue weighted by molar-refractivity contribution is 6.01. The van der Waals surface area contributed by atoms with E-state index in [-0.39, 0.29) is 28.4 Å². The summed E-state index contributed by atoms with van der Waals surface area (Å²) in [5.41, 5.74) is 0.271. The van der Waals surface area contributed by atoms with E-state index in [2.05, 4.69) is 0 Å². The average Bonchev–Trinajstić information content (AvgIpc) is 2.61. The zero-order valence-electron chi connectivity index (χ0n) is 13.9. The molecule has 0 bridgehead atoms. The van der Waals surface area contributed by atoms with Crippen molar-refractivity contribution in [2.75, 3.05) is 14.2 Å². The number of carbonyl (C=O) groups excluding carboxylic acids is 2. The van der Waals surface area contributed by atoms with Crippen molar-refractivity contribution in [2.45, 2.75) is 13.0 Å². The van der Waals surface area contributed by atoms with Crippen LogP contribution in [0.2, 0.25) is 0 Å². The third-order valence-corrected chi connectivity index (χ3v) is 3.50. The molecule has 0 heterocycles. The van der Waals surface area contributed by atoms with Gasteiger partial charge in [0.15, 0.2) is 17.6 Å². The van der Waals surface area contributed by atoms with Crippen molar-refractivity contribution in [3.63, 3.8) is 0 Å². The summed E-state index contributed by atoms with van der Waals surface area (Å²) in [6.07, 6.45) is -1.08. The van der Waals surface area contributed by atoms with Crippen LogP contribution >= 0.6 is 0 Å². The minimum Gasteiger partial charge on any atom is -0.502 e. The fourth-order valence-electron chi connectivity index (χ4n) is 2.14. The Bertz CT molecular complexity index is 760.